The number of carbonyl (C=O) groups is 3. The number of benzene rings is 1. The van der Waals surface area contributed by atoms with Gasteiger partial charge in [-0.2, -0.15) is 0 Å². The summed E-state index contributed by atoms with van der Waals surface area (Å²) < 4.78 is 0. The summed E-state index contributed by atoms with van der Waals surface area (Å²) in [5.41, 5.74) is 2.25. The van der Waals surface area contributed by atoms with Crippen LogP contribution in [0.5, 0.6) is 0 Å². The topological polar surface area (TPSA) is 60.9 Å². The van der Waals surface area contributed by atoms with Crippen molar-refractivity contribution in [2.45, 2.75) is 19.8 Å². The number of nitrogens with zero attached hydrogens (tertiary/aromatic N) is 3. The molecule has 4 rings (SSSR count). The number of piperazine rings is 1. The van der Waals surface area contributed by atoms with Gasteiger partial charge in [0, 0.05) is 26.2 Å². The van der Waals surface area contributed by atoms with Crippen molar-refractivity contribution in [1.82, 2.24) is 9.80 Å². The number of anilines is 1. The molecule has 6 nitrogen and oxygen atoms in total. The van der Waals surface area contributed by atoms with Crippen LogP contribution in [0.15, 0.2) is 35.7 Å². The predicted molar refractivity (Wildman–Crippen MR) is 109 cm³/mol. The molecule has 1 aromatic carbocycles. The Kier molecular flexibility index (Phi) is 5.03. The van der Waals surface area contributed by atoms with Crippen LogP contribution in [0, 0.1) is 0 Å². The Labute approximate surface area is 168 Å². The maximum Gasteiger partial charge on any atom is 0.300 e. The molecule has 0 bridgehead atoms. The van der Waals surface area contributed by atoms with Crippen molar-refractivity contribution in [2.75, 3.05) is 37.7 Å². The second-order valence-electron chi connectivity index (χ2n) is 7.52. The van der Waals surface area contributed by atoms with Gasteiger partial charge in [-0.15, -0.1) is 11.3 Å². The van der Waals surface area contributed by atoms with Crippen LogP contribution in [0.25, 0.3) is 0 Å². The maximum absolute atomic E-state index is 12.5. The van der Waals surface area contributed by atoms with E-state index in [1.165, 1.54) is 11.3 Å². The third-order valence-corrected chi connectivity index (χ3v) is 6.25. The van der Waals surface area contributed by atoms with Gasteiger partial charge in [-0.3, -0.25) is 24.2 Å². The summed E-state index contributed by atoms with van der Waals surface area (Å²) in [5.74, 6) is -0.526. The summed E-state index contributed by atoms with van der Waals surface area (Å²) in [6.07, 6.45) is 0. The predicted octanol–water partition coefficient (Wildman–Crippen LogP) is 2.82. The minimum absolute atomic E-state index is 0.0636. The van der Waals surface area contributed by atoms with Gasteiger partial charge in [0.15, 0.2) is 0 Å². The number of hydrogen-bond donors (Lipinski definition) is 0. The van der Waals surface area contributed by atoms with Gasteiger partial charge >= 0.3 is 5.91 Å². The molecule has 0 atom stereocenters. The Morgan fingerprint density at radius 1 is 1.11 bits per heavy atom. The van der Waals surface area contributed by atoms with Crippen molar-refractivity contribution in [1.29, 1.82) is 0 Å². The van der Waals surface area contributed by atoms with E-state index in [0.29, 0.717) is 50.0 Å². The van der Waals surface area contributed by atoms with E-state index in [4.69, 9.17) is 0 Å². The van der Waals surface area contributed by atoms with E-state index >= 15 is 0 Å². The van der Waals surface area contributed by atoms with Crippen molar-refractivity contribution < 1.29 is 14.4 Å². The van der Waals surface area contributed by atoms with E-state index in [-0.39, 0.29) is 5.91 Å². The lowest BCUT2D eigenvalue weighted by molar-refractivity contribution is -0.114. The van der Waals surface area contributed by atoms with Crippen molar-refractivity contribution >= 4 is 34.6 Å². The number of ketones is 1. The molecule has 1 aromatic heterocycles. The van der Waals surface area contributed by atoms with Gasteiger partial charge in [-0.25, -0.2) is 0 Å². The van der Waals surface area contributed by atoms with E-state index in [1.54, 1.807) is 4.90 Å². The van der Waals surface area contributed by atoms with Crippen LogP contribution in [-0.2, 0) is 4.79 Å². The summed E-state index contributed by atoms with van der Waals surface area (Å²) >= 11 is 1.45. The van der Waals surface area contributed by atoms with Crippen LogP contribution in [0.3, 0.4) is 0 Å². The van der Waals surface area contributed by atoms with Gasteiger partial charge < -0.3 is 4.90 Å². The molecule has 0 spiro atoms. The first-order valence-corrected chi connectivity index (χ1v) is 10.4. The van der Waals surface area contributed by atoms with Crippen molar-refractivity contribution in [3.63, 3.8) is 0 Å². The normalized spacial score (nSPS) is 17.5. The molecule has 0 unspecified atom stereocenters. The molecule has 1 saturated heterocycles. The Morgan fingerprint density at radius 3 is 2.50 bits per heavy atom. The third-order valence-electron chi connectivity index (χ3n) is 5.39. The average Bonchev–Trinajstić information content (AvgIpc) is 3.32. The summed E-state index contributed by atoms with van der Waals surface area (Å²) in [6.45, 7) is 7.09. The fourth-order valence-corrected chi connectivity index (χ4v) is 4.36. The van der Waals surface area contributed by atoms with E-state index in [2.05, 4.69) is 18.7 Å². The number of carbonyl (C=O) groups excluding carboxylic acids is 3. The average molecular weight is 398 g/mol. The highest BCUT2D eigenvalue weighted by Crippen LogP contribution is 2.32. The molecule has 7 heteroatoms. The summed E-state index contributed by atoms with van der Waals surface area (Å²) in [6, 6.07) is 9.43. The molecule has 1 fully saturated rings. The second-order valence-corrected chi connectivity index (χ2v) is 8.47. The Hall–Kier alpha value is -2.51. The molecule has 3 heterocycles. The minimum atomic E-state index is -0.465. The fourth-order valence-electron chi connectivity index (χ4n) is 3.67. The van der Waals surface area contributed by atoms with Gasteiger partial charge in [-0.05, 0) is 35.1 Å². The van der Waals surface area contributed by atoms with Gasteiger partial charge in [-0.1, -0.05) is 26.0 Å². The number of thiophene rings is 1. The van der Waals surface area contributed by atoms with Crippen molar-refractivity contribution in [3.05, 3.63) is 51.7 Å². The number of Topliss-reactive ketones (excluding diaryl/α,β-unsaturated/α-hetero) is 1. The van der Waals surface area contributed by atoms with Crippen LogP contribution >= 0.6 is 11.3 Å². The summed E-state index contributed by atoms with van der Waals surface area (Å²) in [5, 5.41) is 1.90. The highest BCUT2D eigenvalue weighted by atomic mass is 32.1. The maximum atomic E-state index is 12.5. The van der Waals surface area contributed by atoms with Crippen LogP contribution in [0.2, 0.25) is 0 Å². The smallest absolute Gasteiger partial charge is 0.300 e. The van der Waals surface area contributed by atoms with Gasteiger partial charge in [0.05, 0.1) is 22.8 Å². The number of fused-ring (bicyclic) bond motifs is 1. The molecule has 0 aliphatic carbocycles. The third kappa shape index (κ3) is 3.36. The van der Waals surface area contributed by atoms with Crippen molar-refractivity contribution in [2.24, 2.45) is 0 Å². The molecule has 0 radical (unpaired) electrons. The highest BCUT2D eigenvalue weighted by Gasteiger charge is 2.37. The zero-order valence-electron chi connectivity index (χ0n) is 16.1. The lowest BCUT2D eigenvalue weighted by Gasteiger charge is -2.36. The SMILES string of the molecule is CC(C)c1ccc2c(c1)C(=O)C(=O)N2CN1CCN(C(=O)c2cccs2)CC1. The summed E-state index contributed by atoms with van der Waals surface area (Å²) in [7, 11) is 0. The molecule has 2 aliphatic rings. The molecule has 0 saturated carbocycles. The molecule has 2 aliphatic heterocycles. The van der Waals surface area contributed by atoms with Crippen LogP contribution in [0.1, 0.15) is 45.4 Å². The first-order chi connectivity index (χ1) is 13.5. The lowest BCUT2D eigenvalue weighted by atomic mass is 9.99. The molecule has 28 heavy (non-hydrogen) atoms. The molecule has 146 valence electrons. The van der Waals surface area contributed by atoms with E-state index in [1.807, 2.05) is 40.6 Å². The zero-order valence-corrected chi connectivity index (χ0v) is 16.9. The van der Waals surface area contributed by atoms with Gasteiger partial charge in [0.25, 0.3) is 11.7 Å². The second kappa shape index (κ2) is 7.48. The largest absolute Gasteiger partial charge is 0.335 e. The molecule has 0 N–H and O–H groups in total. The van der Waals surface area contributed by atoms with Crippen LogP contribution in [0.4, 0.5) is 5.69 Å². The standard InChI is InChI=1S/C21H23N3O3S/c1-14(2)15-5-6-17-16(12-15)19(25)21(27)24(17)13-22-7-9-23(10-8-22)20(26)18-4-3-11-28-18/h3-6,11-12,14H,7-10,13H2,1-2H3. The number of hydrogen-bond acceptors (Lipinski definition) is 5. The fraction of sp³-hybridized carbons (Fsp3) is 0.381. The Balaban J connectivity index is 1.43. The Bertz CT molecular complexity index is 915. The first-order valence-electron chi connectivity index (χ1n) is 9.51. The monoisotopic (exact) mass is 397 g/mol. The summed E-state index contributed by atoms with van der Waals surface area (Å²) in [4.78, 5) is 43.7. The zero-order chi connectivity index (χ0) is 19.8. The van der Waals surface area contributed by atoms with Crippen LogP contribution in [-0.4, -0.2) is 60.2 Å². The number of rotatable bonds is 4. The van der Waals surface area contributed by atoms with E-state index in [9.17, 15) is 14.4 Å². The molecular weight excluding hydrogens is 374 g/mol. The van der Waals surface area contributed by atoms with Crippen LogP contribution < -0.4 is 4.90 Å². The lowest BCUT2D eigenvalue weighted by Crippen LogP contribution is -2.52. The van der Waals surface area contributed by atoms with Crippen molar-refractivity contribution in [3.8, 4) is 0 Å². The minimum Gasteiger partial charge on any atom is -0.335 e. The van der Waals surface area contributed by atoms with Gasteiger partial charge in [0.2, 0.25) is 0 Å². The quantitative estimate of drug-likeness (QED) is 0.745. The van der Waals surface area contributed by atoms with Gasteiger partial charge in [0.1, 0.15) is 0 Å². The highest BCUT2D eigenvalue weighted by molar-refractivity contribution is 7.12. The molecule has 2 aromatic rings. The van der Waals surface area contributed by atoms with E-state index in [0.717, 1.165) is 10.4 Å². The molecule has 2 amide bonds. The molecular formula is C21H23N3O3S. The number of amides is 2. The Morgan fingerprint density at radius 2 is 1.86 bits per heavy atom. The van der Waals surface area contributed by atoms with E-state index < -0.39 is 11.7 Å². The first kappa shape index (κ1) is 18.8.